The van der Waals surface area contributed by atoms with Gasteiger partial charge >= 0.3 is 0 Å². The monoisotopic (exact) mass is 290 g/mol. The van der Waals surface area contributed by atoms with Crippen LogP contribution in [0.2, 0.25) is 0 Å². The van der Waals surface area contributed by atoms with E-state index in [0.29, 0.717) is 5.75 Å². The highest BCUT2D eigenvalue weighted by molar-refractivity contribution is 5.44. The van der Waals surface area contributed by atoms with Gasteiger partial charge in [0.2, 0.25) is 0 Å². The Morgan fingerprint density at radius 3 is 2.00 bits per heavy atom. The average molecular weight is 290 g/mol. The number of hydrogen-bond donors (Lipinski definition) is 1. The van der Waals surface area contributed by atoms with E-state index in [0.717, 1.165) is 19.3 Å². The van der Waals surface area contributed by atoms with Crippen molar-refractivity contribution in [3.63, 3.8) is 0 Å². The van der Waals surface area contributed by atoms with E-state index in [1.54, 1.807) is 0 Å². The molecular formula is C20H34O. The molecule has 0 heterocycles. The van der Waals surface area contributed by atoms with E-state index < -0.39 is 0 Å². The van der Waals surface area contributed by atoms with Crippen LogP contribution in [0.15, 0.2) is 12.1 Å². The van der Waals surface area contributed by atoms with Crippen LogP contribution in [0.3, 0.4) is 0 Å². The third-order valence-corrected chi connectivity index (χ3v) is 4.45. The van der Waals surface area contributed by atoms with Gasteiger partial charge in [0, 0.05) is 0 Å². The van der Waals surface area contributed by atoms with Crippen LogP contribution < -0.4 is 0 Å². The van der Waals surface area contributed by atoms with E-state index in [4.69, 9.17) is 0 Å². The molecule has 0 radical (unpaired) electrons. The lowest BCUT2D eigenvalue weighted by Crippen LogP contribution is -2.01. The van der Waals surface area contributed by atoms with E-state index in [2.05, 4.69) is 26.8 Å². The number of benzene rings is 1. The Kier molecular flexibility index (Phi) is 9.21. The summed E-state index contributed by atoms with van der Waals surface area (Å²) in [6.45, 7) is 6.71. The molecule has 1 N–H and O–H groups in total. The fourth-order valence-corrected chi connectivity index (χ4v) is 3.09. The Labute approximate surface area is 131 Å². The quantitative estimate of drug-likeness (QED) is 0.481. The lowest BCUT2D eigenvalue weighted by molar-refractivity contribution is 0.464. The summed E-state index contributed by atoms with van der Waals surface area (Å²) in [5, 5.41) is 10.3. The summed E-state index contributed by atoms with van der Waals surface area (Å²) >= 11 is 0. The first-order valence-corrected chi connectivity index (χ1v) is 9.07. The highest BCUT2D eigenvalue weighted by atomic mass is 16.3. The first kappa shape index (κ1) is 18.1. The summed E-state index contributed by atoms with van der Waals surface area (Å²) in [6, 6.07) is 4.02. The topological polar surface area (TPSA) is 20.2 Å². The summed E-state index contributed by atoms with van der Waals surface area (Å²) in [5.74, 6) is 0.520. The number of rotatable bonds is 11. The van der Waals surface area contributed by atoms with E-state index in [1.165, 1.54) is 68.1 Å². The average Bonchev–Trinajstić information content (AvgIpc) is 2.50. The fraction of sp³-hybridized carbons (Fsp3) is 0.700. The van der Waals surface area contributed by atoms with Crippen molar-refractivity contribution < 1.29 is 5.11 Å². The van der Waals surface area contributed by atoms with Crippen molar-refractivity contribution in [2.75, 3.05) is 0 Å². The Morgan fingerprint density at radius 2 is 1.33 bits per heavy atom. The lowest BCUT2D eigenvalue weighted by Gasteiger charge is -2.16. The second kappa shape index (κ2) is 10.7. The third kappa shape index (κ3) is 6.11. The number of aryl methyl sites for hydroxylation is 1. The maximum absolute atomic E-state index is 10.3. The third-order valence-electron chi connectivity index (χ3n) is 4.45. The number of phenolic OH excluding ortho intramolecular Hbond substituents is 1. The zero-order chi connectivity index (χ0) is 15.5. The molecule has 1 aromatic carbocycles. The Hall–Kier alpha value is -0.980. The SMILES string of the molecule is CCCCCCCCc1c(O)ccc(CC)c1CCCC. The van der Waals surface area contributed by atoms with Gasteiger partial charge in [-0.15, -0.1) is 0 Å². The molecule has 0 aliphatic carbocycles. The molecule has 0 aliphatic heterocycles. The van der Waals surface area contributed by atoms with Gasteiger partial charge in [-0.2, -0.15) is 0 Å². The number of aromatic hydroxyl groups is 1. The molecule has 0 unspecified atom stereocenters. The second-order valence-electron chi connectivity index (χ2n) is 6.18. The summed E-state index contributed by atoms with van der Waals surface area (Å²) in [4.78, 5) is 0. The predicted octanol–water partition coefficient (Wildman–Crippen LogP) is 6.20. The Balaban J connectivity index is 2.65. The van der Waals surface area contributed by atoms with Gasteiger partial charge in [-0.1, -0.05) is 65.4 Å². The predicted molar refractivity (Wildman–Crippen MR) is 93.2 cm³/mol. The van der Waals surface area contributed by atoms with Crippen molar-refractivity contribution in [1.82, 2.24) is 0 Å². The van der Waals surface area contributed by atoms with Gasteiger partial charge in [0.15, 0.2) is 0 Å². The van der Waals surface area contributed by atoms with Crippen molar-refractivity contribution in [3.8, 4) is 5.75 Å². The Morgan fingerprint density at radius 1 is 0.714 bits per heavy atom. The summed E-state index contributed by atoms with van der Waals surface area (Å²) < 4.78 is 0. The molecule has 1 heteroatoms. The number of hydrogen-bond acceptors (Lipinski definition) is 1. The minimum atomic E-state index is 0.520. The molecule has 0 bridgehead atoms. The zero-order valence-electron chi connectivity index (χ0n) is 14.4. The molecule has 0 aromatic heterocycles. The van der Waals surface area contributed by atoms with E-state index in [-0.39, 0.29) is 0 Å². The first-order chi connectivity index (χ1) is 10.2. The molecule has 1 nitrogen and oxygen atoms in total. The highest BCUT2D eigenvalue weighted by Gasteiger charge is 2.11. The Bertz CT molecular complexity index is 395. The van der Waals surface area contributed by atoms with Crippen LogP contribution in [0.4, 0.5) is 0 Å². The van der Waals surface area contributed by atoms with E-state index in [1.807, 2.05) is 6.07 Å². The van der Waals surface area contributed by atoms with Gasteiger partial charge < -0.3 is 5.11 Å². The molecule has 0 aliphatic rings. The van der Waals surface area contributed by atoms with Crippen LogP contribution in [0.25, 0.3) is 0 Å². The molecular weight excluding hydrogens is 256 g/mol. The van der Waals surface area contributed by atoms with Crippen molar-refractivity contribution in [1.29, 1.82) is 0 Å². The van der Waals surface area contributed by atoms with Gasteiger partial charge in [0.1, 0.15) is 5.75 Å². The van der Waals surface area contributed by atoms with Crippen molar-refractivity contribution >= 4 is 0 Å². The van der Waals surface area contributed by atoms with E-state index in [9.17, 15) is 5.11 Å². The zero-order valence-corrected chi connectivity index (χ0v) is 14.4. The summed E-state index contributed by atoms with van der Waals surface area (Å²) in [5.41, 5.74) is 4.11. The van der Waals surface area contributed by atoms with Gasteiger partial charge in [-0.05, 0) is 54.9 Å². The summed E-state index contributed by atoms with van der Waals surface area (Å²) in [7, 11) is 0. The van der Waals surface area contributed by atoms with Gasteiger partial charge in [0.05, 0.1) is 0 Å². The van der Waals surface area contributed by atoms with E-state index >= 15 is 0 Å². The summed E-state index contributed by atoms with van der Waals surface area (Å²) in [6.07, 6.45) is 13.6. The molecule has 1 aromatic rings. The van der Waals surface area contributed by atoms with Crippen molar-refractivity contribution in [3.05, 3.63) is 28.8 Å². The van der Waals surface area contributed by atoms with Crippen LogP contribution >= 0.6 is 0 Å². The number of unbranched alkanes of at least 4 members (excludes halogenated alkanes) is 6. The number of phenols is 1. The smallest absolute Gasteiger partial charge is 0.119 e. The molecule has 0 atom stereocenters. The van der Waals surface area contributed by atoms with Crippen LogP contribution in [0, 0.1) is 0 Å². The largest absolute Gasteiger partial charge is 0.508 e. The van der Waals surface area contributed by atoms with Crippen LogP contribution in [-0.2, 0) is 19.3 Å². The first-order valence-electron chi connectivity index (χ1n) is 9.07. The minimum Gasteiger partial charge on any atom is -0.508 e. The van der Waals surface area contributed by atoms with Crippen molar-refractivity contribution in [2.24, 2.45) is 0 Å². The molecule has 0 saturated carbocycles. The van der Waals surface area contributed by atoms with Gasteiger partial charge in [-0.3, -0.25) is 0 Å². The molecule has 0 fully saturated rings. The van der Waals surface area contributed by atoms with Crippen LogP contribution in [0.1, 0.15) is 88.8 Å². The minimum absolute atomic E-state index is 0.520. The molecule has 0 spiro atoms. The van der Waals surface area contributed by atoms with Crippen LogP contribution in [0.5, 0.6) is 5.75 Å². The molecule has 0 amide bonds. The van der Waals surface area contributed by atoms with Crippen LogP contribution in [-0.4, -0.2) is 5.11 Å². The highest BCUT2D eigenvalue weighted by Crippen LogP contribution is 2.28. The fourth-order valence-electron chi connectivity index (χ4n) is 3.09. The molecule has 0 saturated heterocycles. The lowest BCUT2D eigenvalue weighted by atomic mass is 9.91. The van der Waals surface area contributed by atoms with Gasteiger partial charge in [0.25, 0.3) is 0 Å². The van der Waals surface area contributed by atoms with Crippen molar-refractivity contribution in [2.45, 2.75) is 91.4 Å². The molecule has 21 heavy (non-hydrogen) atoms. The molecule has 120 valence electrons. The normalized spacial score (nSPS) is 11.0. The standard InChI is InChI=1S/C20H34O/c1-4-7-9-10-11-12-14-19-18(13-8-5-2)17(6-3)15-16-20(19)21/h15-16,21H,4-14H2,1-3H3. The second-order valence-corrected chi connectivity index (χ2v) is 6.18. The van der Waals surface area contributed by atoms with Gasteiger partial charge in [-0.25, -0.2) is 0 Å². The maximum atomic E-state index is 10.3. The maximum Gasteiger partial charge on any atom is 0.119 e. The molecule has 1 rings (SSSR count).